The molecule has 5 heterocycles. The number of benzene rings is 1. The molecule has 0 bridgehead atoms. The Bertz CT molecular complexity index is 1840. The second kappa shape index (κ2) is 10.9. The maximum Gasteiger partial charge on any atom is 0.445 e. The SMILES string of the molecule is CCc1nc(N2CCCS2(=O)=O)ccc1OCC(=O)N1CCc2nc3sc(C(F)(F)F)nn3c2C1c1ccc(Cl)cc1F. The highest BCUT2D eigenvalue weighted by Gasteiger charge is 2.41. The van der Waals surface area contributed by atoms with Gasteiger partial charge in [-0.1, -0.05) is 35.9 Å². The van der Waals surface area contributed by atoms with Crippen LogP contribution in [0.5, 0.6) is 5.75 Å². The Kier molecular flexibility index (Phi) is 7.49. The van der Waals surface area contributed by atoms with Crippen molar-refractivity contribution in [2.24, 2.45) is 0 Å². The predicted octanol–water partition coefficient (Wildman–Crippen LogP) is 4.65. The summed E-state index contributed by atoms with van der Waals surface area (Å²) in [7, 11) is -3.44. The van der Waals surface area contributed by atoms with Crippen LogP contribution in [-0.4, -0.2) is 64.3 Å². The number of nitrogens with zero attached hydrogens (tertiary/aromatic N) is 6. The maximum absolute atomic E-state index is 15.3. The van der Waals surface area contributed by atoms with Crippen LogP contribution in [0, 0.1) is 5.82 Å². The van der Waals surface area contributed by atoms with Crippen LogP contribution in [0.15, 0.2) is 30.3 Å². The maximum atomic E-state index is 15.3. The Hall–Kier alpha value is -3.50. The van der Waals surface area contributed by atoms with Crippen molar-refractivity contribution in [3.05, 3.63) is 68.8 Å². The van der Waals surface area contributed by atoms with Crippen molar-refractivity contribution in [3.63, 3.8) is 0 Å². The van der Waals surface area contributed by atoms with Gasteiger partial charge in [-0.05, 0) is 37.1 Å². The molecule has 6 rings (SSSR count). The largest absolute Gasteiger partial charge is 0.482 e. The molecule has 3 aromatic heterocycles. The van der Waals surface area contributed by atoms with Crippen LogP contribution >= 0.6 is 22.9 Å². The first kappa shape index (κ1) is 29.6. The van der Waals surface area contributed by atoms with Gasteiger partial charge >= 0.3 is 6.18 Å². The van der Waals surface area contributed by atoms with E-state index in [1.807, 2.05) is 0 Å². The molecule has 17 heteroatoms. The fourth-order valence-corrected chi connectivity index (χ4v) is 7.77. The van der Waals surface area contributed by atoms with Crippen molar-refractivity contribution in [2.75, 3.05) is 29.8 Å². The van der Waals surface area contributed by atoms with E-state index in [0.29, 0.717) is 42.1 Å². The average Bonchev–Trinajstić information content (AvgIpc) is 3.63. The van der Waals surface area contributed by atoms with Gasteiger partial charge in [-0.25, -0.2) is 27.3 Å². The summed E-state index contributed by atoms with van der Waals surface area (Å²) in [5.41, 5.74) is 0.999. The minimum Gasteiger partial charge on any atom is -0.482 e. The van der Waals surface area contributed by atoms with Gasteiger partial charge in [-0.2, -0.15) is 13.2 Å². The number of pyridine rings is 1. The van der Waals surface area contributed by atoms with E-state index < -0.39 is 45.6 Å². The summed E-state index contributed by atoms with van der Waals surface area (Å²) in [6.07, 6.45) is -3.63. The molecule has 1 fully saturated rings. The summed E-state index contributed by atoms with van der Waals surface area (Å²) < 4.78 is 88.4. The Labute approximate surface area is 251 Å². The van der Waals surface area contributed by atoms with E-state index in [2.05, 4.69) is 15.1 Å². The Morgan fingerprint density at radius 2 is 1.98 bits per heavy atom. The summed E-state index contributed by atoms with van der Waals surface area (Å²) >= 11 is 6.32. The number of fused-ring (bicyclic) bond motifs is 3. The van der Waals surface area contributed by atoms with E-state index in [9.17, 15) is 26.4 Å². The number of amides is 1. The average molecular weight is 659 g/mol. The van der Waals surface area contributed by atoms with Gasteiger partial charge in [0.25, 0.3) is 5.91 Å². The van der Waals surface area contributed by atoms with Crippen molar-refractivity contribution in [3.8, 4) is 5.75 Å². The first-order valence-electron chi connectivity index (χ1n) is 13.2. The van der Waals surface area contributed by atoms with Gasteiger partial charge in [0.2, 0.25) is 20.0 Å². The Balaban J connectivity index is 1.32. The lowest BCUT2D eigenvalue weighted by molar-refractivity contribution is -0.138. The van der Waals surface area contributed by atoms with E-state index >= 15 is 4.39 Å². The number of rotatable bonds is 6. The lowest BCUT2D eigenvalue weighted by atomic mass is 9.95. The third-order valence-corrected chi connectivity index (χ3v) is 10.3. The number of imidazole rings is 1. The predicted molar refractivity (Wildman–Crippen MR) is 149 cm³/mol. The third-order valence-electron chi connectivity index (χ3n) is 7.25. The number of carbonyl (C=O) groups excluding carboxylic acids is 1. The molecule has 10 nitrogen and oxygen atoms in total. The monoisotopic (exact) mass is 658 g/mol. The number of anilines is 1. The molecule has 2 aliphatic heterocycles. The van der Waals surface area contributed by atoms with Crippen LogP contribution in [0.1, 0.15) is 47.0 Å². The molecule has 1 amide bonds. The van der Waals surface area contributed by atoms with Crippen LogP contribution < -0.4 is 9.04 Å². The zero-order valence-corrected chi connectivity index (χ0v) is 24.8. The molecule has 1 saturated heterocycles. The Morgan fingerprint density at radius 1 is 1.19 bits per heavy atom. The minimum atomic E-state index is -4.71. The van der Waals surface area contributed by atoms with E-state index in [0.717, 1.165) is 10.6 Å². The minimum absolute atomic E-state index is 0.00847. The number of aromatic nitrogens is 4. The number of sulfonamides is 1. The number of alkyl halides is 3. The molecule has 228 valence electrons. The molecule has 0 spiro atoms. The van der Waals surface area contributed by atoms with Gasteiger partial charge < -0.3 is 9.64 Å². The molecular formula is C26H23ClF4N6O4S2. The van der Waals surface area contributed by atoms with Gasteiger partial charge in [-0.3, -0.25) is 9.10 Å². The second-order valence-electron chi connectivity index (χ2n) is 9.95. The lowest BCUT2D eigenvalue weighted by Gasteiger charge is -2.35. The molecular weight excluding hydrogens is 636 g/mol. The summed E-state index contributed by atoms with van der Waals surface area (Å²) in [5.74, 6) is -0.752. The highest BCUT2D eigenvalue weighted by atomic mass is 35.5. The number of hydrogen-bond donors (Lipinski definition) is 0. The first-order valence-corrected chi connectivity index (χ1v) is 16.0. The standard InChI is InChI=1S/C26H23ClF4N6O4S2/c1-2-17-19(6-7-20(32-17)36-9-3-11-43(36,39)40)41-13-21(38)35-10-8-18-23(22(35)15-5-4-14(27)12-16(15)28)37-25(33-18)42-24(34-37)26(29,30)31/h4-7,12,22H,2-3,8-11,13H2,1H3. The third kappa shape index (κ3) is 5.40. The first-order chi connectivity index (χ1) is 20.4. The topological polar surface area (TPSA) is 110 Å². The van der Waals surface area contributed by atoms with Crippen molar-refractivity contribution in [1.82, 2.24) is 24.5 Å². The summed E-state index contributed by atoms with van der Waals surface area (Å²) in [6.45, 7) is 1.72. The fraction of sp³-hybridized carbons (Fsp3) is 0.385. The molecule has 2 aliphatic rings. The van der Waals surface area contributed by atoms with Crippen LogP contribution in [-0.2, 0) is 33.8 Å². The Morgan fingerprint density at radius 3 is 2.65 bits per heavy atom. The fourth-order valence-electron chi connectivity index (χ4n) is 5.31. The van der Waals surface area contributed by atoms with Crippen molar-refractivity contribution in [1.29, 1.82) is 0 Å². The molecule has 1 aromatic carbocycles. The summed E-state index contributed by atoms with van der Waals surface area (Å²) in [5, 5.41) is 2.70. The van der Waals surface area contributed by atoms with Crippen molar-refractivity contribution < 1.29 is 35.5 Å². The van der Waals surface area contributed by atoms with Crippen LogP contribution in [0.4, 0.5) is 23.4 Å². The van der Waals surface area contributed by atoms with Gasteiger partial charge in [0.1, 0.15) is 23.4 Å². The van der Waals surface area contributed by atoms with E-state index in [4.69, 9.17) is 16.3 Å². The summed E-state index contributed by atoms with van der Waals surface area (Å²) in [4.78, 5) is 23.7. The number of aryl methyl sites for hydroxylation is 1. The van der Waals surface area contributed by atoms with E-state index in [-0.39, 0.29) is 51.5 Å². The lowest BCUT2D eigenvalue weighted by Crippen LogP contribution is -2.43. The molecule has 0 saturated carbocycles. The normalized spacial score (nSPS) is 18.3. The smallest absolute Gasteiger partial charge is 0.445 e. The van der Waals surface area contributed by atoms with E-state index in [1.54, 1.807) is 13.0 Å². The van der Waals surface area contributed by atoms with E-state index in [1.165, 1.54) is 27.4 Å². The van der Waals surface area contributed by atoms with Gasteiger partial charge in [0.15, 0.2) is 6.61 Å². The number of halogens is 5. The van der Waals surface area contributed by atoms with Gasteiger partial charge in [-0.15, -0.1) is 5.10 Å². The number of ether oxygens (including phenoxy) is 1. The number of carbonyl (C=O) groups is 1. The van der Waals surface area contributed by atoms with Crippen molar-refractivity contribution in [2.45, 2.75) is 38.4 Å². The molecule has 0 radical (unpaired) electrons. The van der Waals surface area contributed by atoms with Gasteiger partial charge in [0.05, 0.1) is 22.8 Å². The number of hydrogen-bond acceptors (Lipinski definition) is 8. The highest BCUT2D eigenvalue weighted by molar-refractivity contribution is 7.93. The summed E-state index contributed by atoms with van der Waals surface area (Å²) in [6, 6.07) is 5.74. The zero-order chi connectivity index (χ0) is 30.7. The highest BCUT2D eigenvalue weighted by Crippen LogP contribution is 2.40. The molecule has 1 atom stereocenters. The van der Waals surface area contributed by atoms with Crippen LogP contribution in [0.25, 0.3) is 4.96 Å². The second-order valence-corrected chi connectivity index (χ2v) is 13.4. The molecule has 4 aromatic rings. The van der Waals surface area contributed by atoms with Gasteiger partial charge in [0, 0.05) is 30.1 Å². The molecule has 1 unspecified atom stereocenters. The zero-order valence-electron chi connectivity index (χ0n) is 22.4. The molecule has 0 aliphatic carbocycles. The molecule has 0 N–H and O–H groups in total. The van der Waals surface area contributed by atoms with Crippen LogP contribution in [0.3, 0.4) is 0 Å². The van der Waals surface area contributed by atoms with Crippen molar-refractivity contribution >= 4 is 49.6 Å². The molecule has 43 heavy (non-hydrogen) atoms. The quantitative estimate of drug-likeness (QED) is 0.278. The van der Waals surface area contributed by atoms with Crippen LogP contribution in [0.2, 0.25) is 5.02 Å².